The summed E-state index contributed by atoms with van der Waals surface area (Å²) in [6.45, 7) is 8.12. The molecule has 0 aliphatic heterocycles. The number of nitrogens with zero attached hydrogens (tertiary/aromatic N) is 3. The largest absolute Gasteiger partial charge is 0.237 e. The van der Waals surface area contributed by atoms with Crippen LogP contribution in [0.2, 0.25) is 0 Å². The summed E-state index contributed by atoms with van der Waals surface area (Å²) in [5.74, 6) is 0.868. The van der Waals surface area contributed by atoms with Crippen molar-refractivity contribution in [3.63, 3.8) is 0 Å². The fourth-order valence-electron chi connectivity index (χ4n) is 1.40. The minimum Gasteiger partial charge on any atom is -0.237 e. The van der Waals surface area contributed by atoms with E-state index < -0.39 is 0 Å². The average molecular weight is 203 g/mol. The number of aromatic nitrogens is 2. The van der Waals surface area contributed by atoms with Crippen molar-refractivity contribution < 1.29 is 0 Å². The van der Waals surface area contributed by atoms with Gasteiger partial charge in [0, 0.05) is 11.4 Å². The van der Waals surface area contributed by atoms with E-state index in [4.69, 9.17) is 5.26 Å². The van der Waals surface area contributed by atoms with Crippen LogP contribution in [0.5, 0.6) is 0 Å². The van der Waals surface area contributed by atoms with Gasteiger partial charge in [-0.2, -0.15) is 5.26 Å². The van der Waals surface area contributed by atoms with E-state index >= 15 is 0 Å². The predicted molar refractivity (Wildman–Crippen MR) is 59.5 cm³/mol. The molecule has 3 heteroatoms. The van der Waals surface area contributed by atoms with Gasteiger partial charge in [-0.1, -0.05) is 20.8 Å². The molecule has 1 aromatic rings. The summed E-state index contributed by atoms with van der Waals surface area (Å²) in [5, 5.41) is 8.97. The highest BCUT2D eigenvalue weighted by Crippen LogP contribution is 2.18. The second kappa shape index (κ2) is 4.88. The van der Waals surface area contributed by atoms with Crippen LogP contribution in [0.1, 0.15) is 56.2 Å². The second-order valence-electron chi connectivity index (χ2n) is 4.04. The topological polar surface area (TPSA) is 49.6 Å². The molecule has 0 aliphatic rings. The van der Waals surface area contributed by atoms with Gasteiger partial charge >= 0.3 is 0 Å². The molecule has 0 radical (unpaired) electrons. The van der Waals surface area contributed by atoms with Crippen molar-refractivity contribution in [3.05, 3.63) is 23.3 Å². The fourth-order valence-corrected chi connectivity index (χ4v) is 1.40. The van der Waals surface area contributed by atoms with Crippen molar-refractivity contribution in [2.45, 2.75) is 46.0 Å². The number of hydrogen-bond acceptors (Lipinski definition) is 3. The van der Waals surface area contributed by atoms with E-state index in [-0.39, 0.29) is 5.92 Å². The highest BCUT2D eigenvalue weighted by Gasteiger charge is 2.13. The molecule has 0 saturated heterocycles. The van der Waals surface area contributed by atoms with Crippen molar-refractivity contribution in [2.24, 2.45) is 0 Å². The normalized spacial score (nSPS) is 12.5. The Morgan fingerprint density at radius 1 is 1.40 bits per heavy atom. The average Bonchev–Trinajstić information content (AvgIpc) is 2.18. The van der Waals surface area contributed by atoms with Gasteiger partial charge in [-0.15, -0.1) is 0 Å². The molecule has 1 heterocycles. The third-order valence-corrected chi connectivity index (χ3v) is 2.36. The Bertz CT molecular complexity index is 377. The first-order valence-electron chi connectivity index (χ1n) is 5.33. The van der Waals surface area contributed by atoms with Gasteiger partial charge in [0.1, 0.15) is 11.7 Å². The number of rotatable bonds is 3. The van der Waals surface area contributed by atoms with Crippen LogP contribution in [0.3, 0.4) is 0 Å². The summed E-state index contributed by atoms with van der Waals surface area (Å²) in [7, 11) is 0. The lowest BCUT2D eigenvalue weighted by Gasteiger charge is -2.10. The highest BCUT2D eigenvalue weighted by atomic mass is 14.9. The summed E-state index contributed by atoms with van der Waals surface area (Å²) in [5.41, 5.74) is 1.96. The summed E-state index contributed by atoms with van der Waals surface area (Å²) >= 11 is 0. The van der Waals surface area contributed by atoms with Gasteiger partial charge in [-0.3, -0.25) is 0 Å². The van der Waals surface area contributed by atoms with Gasteiger partial charge in [-0.25, -0.2) is 9.97 Å². The van der Waals surface area contributed by atoms with Gasteiger partial charge in [0.2, 0.25) is 0 Å². The first-order valence-corrected chi connectivity index (χ1v) is 5.33. The molecular formula is C12H17N3. The monoisotopic (exact) mass is 203 g/mol. The number of aryl methyl sites for hydroxylation is 1. The molecule has 3 nitrogen and oxygen atoms in total. The van der Waals surface area contributed by atoms with Crippen LogP contribution in [0, 0.1) is 18.3 Å². The Morgan fingerprint density at radius 2 is 2.07 bits per heavy atom. The zero-order chi connectivity index (χ0) is 11.4. The van der Waals surface area contributed by atoms with E-state index in [2.05, 4.69) is 29.9 Å². The lowest BCUT2D eigenvalue weighted by atomic mass is 10.1. The van der Waals surface area contributed by atoms with E-state index in [9.17, 15) is 0 Å². The van der Waals surface area contributed by atoms with Crippen molar-refractivity contribution in [2.75, 3.05) is 0 Å². The minimum absolute atomic E-state index is 0.178. The van der Waals surface area contributed by atoms with Crippen LogP contribution in [0.25, 0.3) is 0 Å². The maximum absolute atomic E-state index is 8.97. The Hall–Kier alpha value is -1.43. The van der Waals surface area contributed by atoms with E-state index in [0.29, 0.717) is 11.7 Å². The van der Waals surface area contributed by atoms with Crippen LogP contribution < -0.4 is 0 Å². The number of hydrogen-bond donors (Lipinski definition) is 0. The first kappa shape index (κ1) is 11.6. The Balaban J connectivity index is 3.14. The molecule has 1 atom stereocenters. The van der Waals surface area contributed by atoms with Crippen LogP contribution in [0.4, 0.5) is 0 Å². The SMILES string of the molecule is CCC(C#N)c1nc(C)cc(C(C)C)n1. The summed E-state index contributed by atoms with van der Waals surface area (Å²) in [4.78, 5) is 8.77. The van der Waals surface area contributed by atoms with Gasteiger partial charge < -0.3 is 0 Å². The highest BCUT2D eigenvalue weighted by molar-refractivity contribution is 5.17. The smallest absolute Gasteiger partial charge is 0.145 e. The van der Waals surface area contributed by atoms with Gasteiger partial charge in [0.05, 0.1) is 6.07 Å². The lowest BCUT2D eigenvalue weighted by Crippen LogP contribution is -2.06. The molecule has 15 heavy (non-hydrogen) atoms. The Morgan fingerprint density at radius 3 is 2.53 bits per heavy atom. The molecule has 0 amide bonds. The van der Waals surface area contributed by atoms with Gasteiger partial charge in [-0.05, 0) is 25.3 Å². The molecular weight excluding hydrogens is 186 g/mol. The standard InChI is InChI=1S/C12H17N3/c1-5-10(7-13)12-14-9(4)6-11(15-12)8(2)3/h6,8,10H,5H2,1-4H3. The molecule has 0 bridgehead atoms. The van der Waals surface area contributed by atoms with Gasteiger partial charge in [0.15, 0.2) is 0 Å². The van der Waals surface area contributed by atoms with Crippen molar-refractivity contribution in [3.8, 4) is 6.07 Å². The van der Waals surface area contributed by atoms with Crippen molar-refractivity contribution in [1.82, 2.24) is 9.97 Å². The molecule has 0 N–H and O–H groups in total. The molecule has 80 valence electrons. The summed E-state index contributed by atoms with van der Waals surface area (Å²) in [6.07, 6.45) is 0.761. The molecule has 0 fully saturated rings. The third-order valence-electron chi connectivity index (χ3n) is 2.36. The molecule has 1 unspecified atom stereocenters. The number of nitriles is 1. The van der Waals surface area contributed by atoms with Gasteiger partial charge in [0.25, 0.3) is 0 Å². The predicted octanol–water partition coefficient (Wildman–Crippen LogP) is 2.93. The fraction of sp³-hybridized carbons (Fsp3) is 0.583. The Kier molecular flexibility index (Phi) is 3.79. The summed E-state index contributed by atoms with van der Waals surface area (Å²) < 4.78 is 0. The van der Waals surface area contributed by atoms with E-state index in [1.807, 2.05) is 19.9 Å². The molecule has 0 spiro atoms. The maximum Gasteiger partial charge on any atom is 0.145 e. The lowest BCUT2D eigenvalue weighted by molar-refractivity contribution is 0.711. The zero-order valence-corrected chi connectivity index (χ0v) is 9.78. The van der Waals surface area contributed by atoms with E-state index in [1.165, 1.54) is 0 Å². The molecule has 1 aromatic heterocycles. The second-order valence-corrected chi connectivity index (χ2v) is 4.04. The third kappa shape index (κ3) is 2.76. The molecule has 0 aromatic carbocycles. The summed E-state index contributed by atoms with van der Waals surface area (Å²) in [6, 6.07) is 4.22. The van der Waals surface area contributed by atoms with E-state index in [0.717, 1.165) is 17.8 Å². The maximum atomic E-state index is 8.97. The van der Waals surface area contributed by atoms with Crippen LogP contribution >= 0.6 is 0 Å². The van der Waals surface area contributed by atoms with E-state index in [1.54, 1.807) is 0 Å². The van der Waals surface area contributed by atoms with Crippen LogP contribution in [0.15, 0.2) is 6.07 Å². The van der Waals surface area contributed by atoms with Crippen molar-refractivity contribution >= 4 is 0 Å². The van der Waals surface area contributed by atoms with Crippen molar-refractivity contribution in [1.29, 1.82) is 5.26 Å². The first-order chi connectivity index (χ1) is 7.08. The van der Waals surface area contributed by atoms with Crippen LogP contribution in [-0.4, -0.2) is 9.97 Å². The Labute approximate surface area is 91.2 Å². The van der Waals surface area contributed by atoms with Crippen LogP contribution in [-0.2, 0) is 0 Å². The zero-order valence-electron chi connectivity index (χ0n) is 9.78. The molecule has 0 aliphatic carbocycles. The minimum atomic E-state index is -0.178. The quantitative estimate of drug-likeness (QED) is 0.758. The molecule has 1 rings (SSSR count). The molecule has 0 saturated carbocycles.